The third-order valence-corrected chi connectivity index (χ3v) is 3.77. The Kier molecular flexibility index (Phi) is 4.05. The minimum absolute atomic E-state index is 0.0150. The van der Waals surface area contributed by atoms with Crippen molar-refractivity contribution in [1.29, 1.82) is 0 Å². The number of piperidine rings is 1. The van der Waals surface area contributed by atoms with Gasteiger partial charge in [-0.3, -0.25) is 4.79 Å². The fourth-order valence-corrected chi connectivity index (χ4v) is 2.93. The average Bonchev–Trinajstić information content (AvgIpc) is 2.27. The fraction of sp³-hybridized carbons (Fsp3) is 0.923. The van der Waals surface area contributed by atoms with Gasteiger partial charge in [0.05, 0.1) is 18.2 Å². The van der Waals surface area contributed by atoms with Crippen LogP contribution in [0.15, 0.2) is 0 Å². The van der Waals surface area contributed by atoms with Gasteiger partial charge in [-0.25, -0.2) is 0 Å². The maximum Gasteiger partial charge on any atom is 0.240 e. The van der Waals surface area contributed by atoms with Gasteiger partial charge >= 0.3 is 0 Å². The van der Waals surface area contributed by atoms with Crippen molar-refractivity contribution in [1.82, 2.24) is 10.2 Å². The molecule has 4 atom stereocenters. The van der Waals surface area contributed by atoms with Crippen molar-refractivity contribution >= 4 is 5.91 Å². The first kappa shape index (κ1) is 12.8. The van der Waals surface area contributed by atoms with Crippen LogP contribution in [0, 0.1) is 5.92 Å². The number of rotatable bonds is 1. The van der Waals surface area contributed by atoms with Gasteiger partial charge < -0.3 is 15.0 Å². The van der Waals surface area contributed by atoms with E-state index >= 15 is 0 Å². The van der Waals surface area contributed by atoms with E-state index in [2.05, 4.69) is 12.2 Å². The highest BCUT2D eigenvalue weighted by atomic mass is 16.5. The van der Waals surface area contributed by atoms with Crippen LogP contribution < -0.4 is 5.32 Å². The molecule has 2 aliphatic heterocycles. The minimum atomic E-state index is 0.0150. The normalized spacial score (nSPS) is 39.1. The molecule has 4 heteroatoms. The lowest BCUT2D eigenvalue weighted by molar-refractivity contribution is -0.147. The lowest BCUT2D eigenvalue weighted by Crippen LogP contribution is -2.57. The molecule has 17 heavy (non-hydrogen) atoms. The second-order valence-electron chi connectivity index (χ2n) is 5.55. The number of ether oxygens (including phenoxy) is 1. The quantitative estimate of drug-likeness (QED) is 0.744. The van der Waals surface area contributed by atoms with Gasteiger partial charge in [0.25, 0.3) is 0 Å². The molecule has 0 radical (unpaired) electrons. The Bertz CT molecular complexity index is 273. The number of morpholine rings is 1. The van der Waals surface area contributed by atoms with E-state index in [1.165, 1.54) is 6.42 Å². The molecule has 2 fully saturated rings. The summed E-state index contributed by atoms with van der Waals surface area (Å²) in [5.74, 6) is 0.712. The predicted octanol–water partition coefficient (Wildman–Crippen LogP) is 1.01. The topological polar surface area (TPSA) is 41.6 Å². The van der Waals surface area contributed by atoms with Crippen molar-refractivity contribution in [3.8, 4) is 0 Å². The Balaban J connectivity index is 1.98. The third-order valence-electron chi connectivity index (χ3n) is 3.77. The molecule has 2 aliphatic rings. The first-order valence-electron chi connectivity index (χ1n) is 6.75. The van der Waals surface area contributed by atoms with Crippen LogP contribution in [-0.4, -0.2) is 48.7 Å². The second kappa shape index (κ2) is 5.36. The summed E-state index contributed by atoms with van der Waals surface area (Å²) in [5, 5.41) is 3.36. The van der Waals surface area contributed by atoms with E-state index in [-0.39, 0.29) is 24.2 Å². The van der Waals surface area contributed by atoms with Crippen LogP contribution in [0.2, 0.25) is 0 Å². The summed E-state index contributed by atoms with van der Waals surface area (Å²) in [7, 11) is 0. The lowest BCUT2D eigenvalue weighted by Gasteiger charge is -2.39. The van der Waals surface area contributed by atoms with E-state index in [0.29, 0.717) is 5.92 Å². The summed E-state index contributed by atoms with van der Waals surface area (Å²) < 4.78 is 5.67. The van der Waals surface area contributed by atoms with Gasteiger partial charge in [0.2, 0.25) is 5.91 Å². The molecular formula is C13H24N2O2. The molecule has 0 aliphatic carbocycles. The third kappa shape index (κ3) is 2.99. The van der Waals surface area contributed by atoms with Crippen molar-refractivity contribution in [3.05, 3.63) is 0 Å². The number of hydrogen-bond acceptors (Lipinski definition) is 3. The van der Waals surface area contributed by atoms with Crippen molar-refractivity contribution in [3.63, 3.8) is 0 Å². The second-order valence-corrected chi connectivity index (χ2v) is 5.55. The highest BCUT2D eigenvalue weighted by Gasteiger charge is 2.34. The van der Waals surface area contributed by atoms with Gasteiger partial charge in [-0.1, -0.05) is 6.92 Å². The molecule has 0 aromatic carbocycles. The van der Waals surface area contributed by atoms with Crippen molar-refractivity contribution in [2.75, 3.05) is 19.6 Å². The number of carbonyl (C=O) groups is 1. The highest BCUT2D eigenvalue weighted by molar-refractivity contribution is 5.82. The Hall–Kier alpha value is -0.610. The van der Waals surface area contributed by atoms with E-state index < -0.39 is 0 Å². The van der Waals surface area contributed by atoms with Crippen LogP contribution in [0.4, 0.5) is 0 Å². The van der Waals surface area contributed by atoms with Gasteiger partial charge in [-0.05, 0) is 39.2 Å². The number of carbonyl (C=O) groups excluding carboxylic acids is 1. The minimum Gasteiger partial charge on any atom is -0.372 e. The Morgan fingerprint density at radius 3 is 2.47 bits per heavy atom. The zero-order chi connectivity index (χ0) is 12.4. The van der Waals surface area contributed by atoms with Gasteiger partial charge in [0.15, 0.2) is 0 Å². The first-order chi connectivity index (χ1) is 8.08. The number of nitrogens with zero attached hydrogens (tertiary/aromatic N) is 1. The lowest BCUT2D eigenvalue weighted by atomic mass is 9.91. The summed E-state index contributed by atoms with van der Waals surface area (Å²) in [5.41, 5.74) is 0. The molecule has 0 aromatic rings. The molecule has 1 N–H and O–H groups in total. The van der Waals surface area contributed by atoms with Crippen LogP contribution in [0.3, 0.4) is 0 Å². The van der Waals surface area contributed by atoms with Crippen LogP contribution in [0.5, 0.6) is 0 Å². The van der Waals surface area contributed by atoms with Crippen molar-refractivity contribution in [2.24, 2.45) is 5.92 Å². The molecule has 0 aromatic heterocycles. The van der Waals surface area contributed by atoms with Gasteiger partial charge in [-0.2, -0.15) is 0 Å². The van der Waals surface area contributed by atoms with Crippen LogP contribution in [0.25, 0.3) is 0 Å². The smallest absolute Gasteiger partial charge is 0.240 e. The summed E-state index contributed by atoms with van der Waals surface area (Å²) in [6.45, 7) is 8.67. The number of amides is 1. The van der Waals surface area contributed by atoms with E-state index in [9.17, 15) is 4.79 Å². The van der Waals surface area contributed by atoms with E-state index in [4.69, 9.17) is 4.74 Å². The standard InChI is InChI=1S/C13H24N2O2/c1-9-5-4-6-14-12(9)13(16)15-7-10(2)17-11(3)8-15/h9-12,14H,4-8H2,1-3H3. The Labute approximate surface area is 104 Å². The fourth-order valence-electron chi connectivity index (χ4n) is 2.93. The molecule has 0 saturated carbocycles. The molecule has 2 saturated heterocycles. The van der Waals surface area contributed by atoms with Gasteiger partial charge in [0.1, 0.15) is 0 Å². The molecule has 98 valence electrons. The van der Waals surface area contributed by atoms with Gasteiger partial charge in [0, 0.05) is 13.1 Å². The van der Waals surface area contributed by atoms with Crippen LogP contribution >= 0.6 is 0 Å². The monoisotopic (exact) mass is 240 g/mol. The predicted molar refractivity (Wildman–Crippen MR) is 66.8 cm³/mol. The summed E-state index contributed by atoms with van der Waals surface area (Å²) in [4.78, 5) is 14.4. The number of nitrogens with one attached hydrogen (secondary N) is 1. The zero-order valence-corrected chi connectivity index (χ0v) is 11.1. The molecule has 0 bridgehead atoms. The number of hydrogen-bond donors (Lipinski definition) is 1. The van der Waals surface area contributed by atoms with Crippen LogP contribution in [0.1, 0.15) is 33.6 Å². The summed E-state index contributed by atoms with van der Waals surface area (Å²) in [6.07, 6.45) is 2.64. The zero-order valence-electron chi connectivity index (χ0n) is 11.1. The van der Waals surface area contributed by atoms with E-state index in [1.807, 2.05) is 18.7 Å². The molecule has 1 amide bonds. The van der Waals surface area contributed by atoms with Crippen molar-refractivity contribution in [2.45, 2.75) is 51.9 Å². The summed E-state index contributed by atoms with van der Waals surface area (Å²) in [6, 6.07) is 0.0150. The summed E-state index contributed by atoms with van der Waals surface area (Å²) >= 11 is 0. The molecule has 2 rings (SSSR count). The largest absolute Gasteiger partial charge is 0.372 e. The van der Waals surface area contributed by atoms with E-state index in [0.717, 1.165) is 26.1 Å². The maximum absolute atomic E-state index is 12.5. The molecule has 4 unspecified atom stereocenters. The Morgan fingerprint density at radius 2 is 1.88 bits per heavy atom. The van der Waals surface area contributed by atoms with E-state index in [1.54, 1.807) is 0 Å². The van der Waals surface area contributed by atoms with Gasteiger partial charge in [-0.15, -0.1) is 0 Å². The molecule has 2 heterocycles. The molecular weight excluding hydrogens is 216 g/mol. The molecule has 4 nitrogen and oxygen atoms in total. The Morgan fingerprint density at radius 1 is 1.24 bits per heavy atom. The average molecular weight is 240 g/mol. The van der Waals surface area contributed by atoms with Crippen LogP contribution in [-0.2, 0) is 9.53 Å². The highest BCUT2D eigenvalue weighted by Crippen LogP contribution is 2.19. The first-order valence-corrected chi connectivity index (χ1v) is 6.75. The maximum atomic E-state index is 12.5. The van der Waals surface area contributed by atoms with Crippen molar-refractivity contribution < 1.29 is 9.53 Å². The molecule has 0 spiro atoms. The SMILES string of the molecule is CC1CN(C(=O)C2NCCCC2C)CC(C)O1.